The maximum Gasteiger partial charge on any atom is 0.244 e. The van der Waals surface area contributed by atoms with Crippen molar-refractivity contribution in [1.82, 2.24) is 10.0 Å². The van der Waals surface area contributed by atoms with E-state index in [1.54, 1.807) is 7.05 Å². The summed E-state index contributed by atoms with van der Waals surface area (Å²) in [7, 11) is -1.76. The van der Waals surface area contributed by atoms with Gasteiger partial charge in [-0.3, -0.25) is 0 Å². The molecule has 5 nitrogen and oxygen atoms in total. The summed E-state index contributed by atoms with van der Waals surface area (Å²) >= 11 is 3.14. The standard InChI is InChI=1S/C12H21BrN2O3S/c1-12(2,3)5-6-15-19(16,17)10-7-9(8-14-4)18-11(10)13/h7,14-15H,5-6,8H2,1-4H3. The first kappa shape index (κ1) is 16.7. The first-order valence-corrected chi connectivity index (χ1v) is 8.36. The molecule has 0 aromatic carbocycles. The first-order valence-electron chi connectivity index (χ1n) is 6.08. The van der Waals surface area contributed by atoms with Crippen LogP contribution in [0.2, 0.25) is 0 Å². The van der Waals surface area contributed by atoms with Gasteiger partial charge < -0.3 is 9.73 Å². The third-order valence-electron chi connectivity index (χ3n) is 2.51. The summed E-state index contributed by atoms with van der Waals surface area (Å²) in [5, 5.41) is 2.91. The van der Waals surface area contributed by atoms with Gasteiger partial charge in [0.15, 0.2) is 4.67 Å². The molecule has 0 unspecified atom stereocenters. The Hall–Kier alpha value is -0.370. The maximum absolute atomic E-state index is 12.1. The van der Waals surface area contributed by atoms with Crippen molar-refractivity contribution in [1.29, 1.82) is 0 Å². The summed E-state index contributed by atoms with van der Waals surface area (Å²) in [4.78, 5) is 0.145. The van der Waals surface area contributed by atoms with E-state index in [1.807, 2.05) is 0 Å². The van der Waals surface area contributed by atoms with Crippen molar-refractivity contribution < 1.29 is 12.8 Å². The Labute approximate surface area is 123 Å². The lowest BCUT2D eigenvalue weighted by Gasteiger charge is -2.17. The predicted molar refractivity (Wildman–Crippen MR) is 78.4 cm³/mol. The van der Waals surface area contributed by atoms with Crippen LogP contribution in [-0.4, -0.2) is 22.0 Å². The Morgan fingerprint density at radius 2 is 2.00 bits per heavy atom. The van der Waals surface area contributed by atoms with Crippen molar-refractivity contribution in [2.75, 3.05) is 13.6 Å². The van der Waals surface area contributed by atoms with E-state index in [0.717, 1.165) is 6.42 Å². The average Bonchev–Trinajstić information content (AvgIpc) is 2.58. The van der Waals surface area contributed by atoms with E-state index in [9.17, 15) is 8.42 Å². The molecule has 0 atom stereocenters. The average molecular weight is 353 g/mol. The number of halogens is 1. The van der Waals surface area contributed by atoms with Crippen LogP contribution >= 0.6 is 15.9 Å². The number of hydrogen-bond donors (Lipinski definition) is 2. The Bertz CT molecular complexity index is 518. The molecular formula is C12H21BrN2O3S. The molecular weight excluding hydrogens is 332 g/mol. The van der Waals surface area contributed by atoms with Crippen molar-refractivity contribution in [2.45, 2.75) is 38.6 Å². The number of sulfonamides is 1. The minimum atomic E-state index is -3.53. The van der Waals surface area contributed by atoms with Gasteiger partial charge in [0.25, 0.3) is 0 Å². The summed E-state index contributed by atoms with van der Waals surface area (Å²) < 4.78 is 32.4. The molecule has 19 heavy (non-hydrogen) atoms. The largest absolute Gasteiger partial charge is 0.452 e. The maximum atomic E-state index is 12.1. The molecule has 1 aromatic rings. The number of hydrogen-bond acceptors (Lipinski definition) is 4. The fraction of sp³-hybridized carbons (Fsp3) is 0.667. The van der Waals surface area contributed by atoms with Gasteiger partial charge >= 0.3 is 0 Å². The second kappa shape index (κ2) is 6.39. The lowest BCUT2D eigenvalue weighted by atomic mass is 9.93. The molecule has 0 amide bonds. The monoisotopic (exact) mass is 352 g/mol. The quantitative estimate of drug-likeness (QED) is 0.824. The minimum Gasteiger partial charge on any atom is -0.452 e. The van der Waals surface area contributed by atoms with E-state index in [1.165, 1.54) is 6.07 Å². The van der Waals surface area contributed by atoms with Gasteiger partial charge in [-0.25, -0.2) is 13.1 Å². The van der Waals surface area contributed by atoms with Crippen molar-refractivity contribution in [2.24, 2.45) is 5.41 Å². The highest BCUT2D eigenvalue weighted by atomic mass is 79.9. The molecule has 1 rings (SSSR count). The third kappa shape index (κ3) is 5.25. The van der Waals surface area contributed by atoms with Crippen LogP contribution in [0.1, 0.15) is 33.0 Å². The van der Waals surface area contributed by atoms with Crippen LogP contribution in [0.5, 0.6) is 0 Å². The van der Waals surface area contributed by atoms with Crippen LogP contribution in [0.4, 0.5) is 0 Å². The molecule has 0 aliphatic carbocycles. The molecule has 2 N–H and O–H groups in total. The molecule has 0 radical (unpaired) electrons. The van der Waals surface area contributed by atoms with Crippen molar-refractivity contribution in [3.63, 3.8) is 0 Å². The second-order valence-corrected chi connectivity index (χ2v) is 8.05. The lowest BCUT2D eigenvalue weighted by Crippen LogP contribution is -2.27. The van der Waals surface area contributed by atoms with Gasteiger partial charge in [-0.1, -0.05) is 20.8 Å². The Kier molecular flexibility index (Phi) is 5.61. The van der Waals surface area contributed by atoms with Crippen LogP contribution in [0.25, 0.3) is 0 Å². The zero-order valence-corrected chi connectivity index (χ0v) is 14.1. The third-order valence-corrected chi connectivity index (χ3v) is 4.83. The number of nitrogens with one attached hydrogen (secondary N) is 2. The van der Waals surface area contributed by atoms with Crippen LogP contribution in [0, 0.1) is 5.41 Å². The van der Waals surface area contributed by atoms with Crippen molar-refractivity contribution in [3.8, 4) is 0 Å². The Morgan fingerprint density at radius 1 is 1.37 bits per heavy atom. The smallest absolute Gasteiger partial charge is 0.244 e. The molecule has 0 saturated carbocycles. The van der Waals surface area contributed by atoms with E-state index in [0.29, 0.717) is 18.8 Å². The molecule has 0 spiro atoms. The highest BCUT2D eigenvalue weighted by molar-refractivity contribution is 9.10. The van der Waals surface area contributed by atoms with Crippen LogP contribution in [-0.2, 0) is 16.6 Å². The Morgan fingerprint density at radius 3 is 2.53 bits per heavy atom. The minimum absolute atomic E-state index is 0.0907. The van der Waals surface area contributed by atoms with Crippen LogP contribution in [0.3, 0.4) is 0 Å². The van der Waals surface area contributed by atoms with Crippen LogP contribution in [0.15, 0.2) is 20.0 Å². The SMILES string of the molecule is CNCc1cc(S(=O)(=O)NCCC(C)(C)C)c(Br)o1. The second-order valence-electron chi connectivity index (χ2n) is 5.59. The summed E-state index contributed by atoms with van der Waals surface area (Å²) in [5.74, 6) is 0.575. The van der Waals surface area contributed by atoms with Gasteiger partial charge in [0.1, 0.15) is 10.7 Å². The zero-order chi connectivity index (χ0) is 14.7. The summed E-state index contributed by atoms with van der Waals surface area (Å²) in [5.41, 5.74) is 0.0907. The molecule has 0 saturated heterocycles. The van der Waals surface area contributed by atoms with Gasteiger partial charge in [0.05, 0.1) is 6.54 Å². The highest BCUT2D eigenvalue weighted by Crippen LogP contribution is 2.26. The number of rotatable bonds is 6. The predicted octanol–water partition coefficient (Wildman–Crippen LogP) is 2.48. The Balaban J connectivity index is 2.77. The van der Waals surface area contributed by atoms with Gasteiger partial charge in [-0.15, -0.1) is 0 Å². The molecule has 1 aromatic heterocycles. The first-order chi connectivity index (χ1) is 8.65. The molecule has 1 heterocycles. The van der Waals surface area contributed by atoms with E-state index in [4.69, 9.17) is 4.42 Å². The fourth-order valence-corrected chi connectivity index (χ4v) is 3.51. The van der Waals surface area contributed by atoms with Gasteiger partial charge in [0.2, 0.25) is 10.0 Å². The molecule has 110 valence electrons. The number of furan rings is 1. The summed E-state index contributed by atoms with van der Waals surface area (Å²) in [6, 6.07) is 1.53. The summed E-state index contributed by atoms with van der Waals surface area (Å²) in [6.45, 7) is 7.10. The summed E-state index contributed by atoms with van der Waals surface area (Å²) in [6.07, 6.45) is 0.769. The van der Waals surface area contributed by atoms with E-state index in [2.05, 4.69) is 46.7 Å². The molecule has 7 heteroatoms. The van der Waals surface area contributed by atoms with E-state index in [-0.39, 0.29) is 15.0 Å². The zero-order valence-electron chi connectivity index (χ0n) is 11.7. The van der Waals surface area contributed by atoms with Gasteiger partial charge in [-0.05, 0) is 34.8 Å². The van der Waals surface area contributed by atoms with Crippen LogP contribution < -0.4 is 10.0 Å². The topological polar surface area (TPSA) is 71.3 Å². The normalized spacial score (nSPS) is 12.9. The molecule has 0 bridgehead atoms. The van der Waals surface area contributed by atoms with E-state index >= 15 is 0 Å². The highest BCUT2D eigenvalue weighted by Gasteiger charge is 2.22. The van der Waals surface area contributed by atoms with Crippen molar-refractivity contribution in [3.05, 3.63) is 16.5 Å². The molecule has 0 fully saturated rings. The molecule has 0 aliphatic rings. The van der Waals surface area contributed by atoms with Crippen molar-refractivity contribution >= 4 is 26.0 Å². The van der Waals surface area contributed by atoms with E-state index < -0.39 is 10.0 Å². The lowest BCUT2D eigenvalue weighted by molar-refractivity contribution is 0.378. The molecule has 0 aliphatic heterocycles. The van der Waals surface area contributed by atoms with Gasteiger partial charge in [0, 0.05) is 12.6 Å². The van der Waals surface area contributed by atoms with Gasteiger partial charge in [-0.2, -0.15) is 0 Å². The fourth-order valence-electron chi connectivity index (χ4n) is 1.48.